The molecule has 1 aromatic heterocycles. The van der Waals surface area contributed by atoms with E-state index in [1.54, 1.807) is 25.4 Å². The van der Waals surface area contributed by atoms with Crippen molar-refractivity contribution < 1.29 is 9.53 Å². The average Bonchev–Trinajstić information content (AvgIpc) is 2.97. The zero-order chi connectivity index (χ0) is 18.9. The minimum atomic E-state index is -0.359. The fourth-order valence-corrected chi connectivity index (χ4v) is 4.13. The van der Waals surface area contributed by atoms with Crippen molar-refractivity contribution in [3.8, 4) is 0 Å². The van der Waals surface area contributed by atoms with E-state index in [4.69, 9.17) is 4.74 Å². The summed E-state index contributed by atoms with van der Waals surface area (Å²) in [4.78, 5) is 22.9. The number of ether oxygens (including phenoxy) is 1. The van der Waals surface area contributed by atoms with Gasteiger partial charge in [-0.25, -0.2) is 9.78 Å². The molecule has 1 saturated heterocycles. The molecule has 1 aliphatic carbocycles. The molecule has 0 bridgehead atoms. The summed E-state index contributed by atoms with van der Waals surface area (Å²) in [5, 5.41) is 3.55. The molecular formula is C21H32N4O2. The highest BCUT2D eigenvalue weighted by Crippen LogP contribution is 2.25. The van der Waals surface area contributed by atoms with Gasteiger partial charge in [-0.2, -0.15) is 0 Å². The van der Waals surface area contributed by atoms with Crippen LogP contribution in [0.3, 0.4) is 0 Å². The smallest absolute Gasteiger partial charge is 0.330 e. The molecule has 2 heterocycles. The van der Waals surface area contributed by atoms with E-state index in [1.807, 2.05) is 0 Å². The lowest BCUT2D eigenvalue weighted by Gasteiger charge is -2.38. The fraction of sp³-hybridized carbons (Fsp3) is 0.667. The molecule has 2 aliphatic rings. The van der Waals surface area contributed by atoms with Crippen LogP contribution in [-0.4, -0.2) is 52.6 Å². The van der Waals surface area contributed by atoms with Crippen LogP contribution >= 0.6 is 0 Å². The summed E-state index contributed by atoms with van der Waals surface area (Å²) in [7, 11) is 0. The molecule has 27 heavy (non-hydrogen) atoms. The van der Waals surface area contributed by atoms with Gasteiger partial charge in [0.1, 0.15) is 5.82 Å². The Morgan fingerprint density at radius 3 is 2.70 bits per heavy atom. The molecule has 6 nitrogen and oxygen atoms in total. The quantitative estimate of drug-likeness (QED) is 0.467. The van der Waals surface area contributed by atoms with Crippen LogP contribution in [0.15, 0.2) is 18.5 Å². The number of rotatable bonds is 6. The Hall–Kier alpha value is -1.95. The molecule has 2 fully saturated rings. The zero-order valence-electron chi connectivity index (χ0n) is 16.4. The predicted molar refractivity (Wildman–Crippen MR) is 107 cm³/mol. The number of carbonyl (C=O) groups is 1. The Balaban J connectivity index is 1.51. The molecule has 0 unspecified atom stereocenters. The first-order chi connectivity index (χ1) is 13.2. The lowest BCUT2D eigenvalue weighted by molar-refractivity contribution is -0.137. The topological polar surface area (TPSA) is 67.3 Å². The van der Waals surface area contributed by atoms with E-state index < -0.39 is 0 Å². The second kappa shape index (κ2) is 10.4. The summed E-state index contributed by atoms with van der Waals surface area (Å²) < 4.78 is 4.86. The molecule has 3 rings (SSSR count). The van der Waals surface area contributed by atoms with Crippen molar-refractivity contribution in [2.75, 3.05) is 25.0 Å². The highest BCUT2D eigenvalue weighted by Gasteiger charge is 2.26. The van der Waals surface area contributed by atoms with Gasteiger partial charge in [-0.3, -0.25) is 9.88 Å². The third-order valence-corrected chi connectivity index (χ3v) is 5.49. The van der Waals surface area contributed by atoms with Gasteiger partial charge in [-0.05, 0) is 45.2 Å². The average molecular weight is 373 g/mol. The van der Waals surface area contributed by atoms with E-state index in [2.05, 4.69) is 20.2 Å². The Labute approximate surface area is 162 Å². The van der Waals surface area contributed by atoms with Crippen molar-refractivity contribution >= 4 is 17.9 Å². The van der Waals surface area contributed by atoms with Crippen LogP contribution in [0.1, 0.15) is 64.0 Å². The van der Waals surface area contributed by atoms with Crippen LogP contribution in [0, 0.1) is 0 Å². The largest absolute Gasteiger partial charge is 0.463 e. The standard InChI is InChI=1S/C21H32N4O2/c1-2-27-21(26)12-11-17-14-23-20(15-22-17)24-18-8-7-13-25(16-18)19-9-5-3-4-6-10-19/h11-12,14-15,18-19H,2-10,13,16H2,1H3,(H,23,24)/t18-/m1/s1. The van der Waals surface area contributed by atoms with Crippen molar-refractivity contribution in [2.45, 2.75) is 70.4 Å². The third kappa shape index (κ3) is 6.31. The van der Waals surface area contributed by atoms with Gasteiger partial charge < -0.3 is 10.1 Å². The van der Waals surface area contributed by atoms with E-state index >= 15 is 0 Å². The summed E-state index contributed by atoms with van der Waals surface area (Å²) in [6, 6.07) is 1.19. The number of carbonyl (C=O) groups excluding carboxylic acids is 1. The molecule has 0 amide bonds. The molecule has 6 heteroatoms. The number of nitrogens with zero attached hydrogens (tertiary/aromatic N) is 3. The van der Waals surface area contributed by atoms with Crippen molar-refractivity contribution in [3.63, 3.8) is 0 Å². The number of likely N-dealkylation sites (tertiary alicyclic amines) is 1. The summed E-state index contributed by atoms with van der Waals surface area (Å²) in [6.45, 7) is 4.48. The van der Waals surface area contributed by atoms with E-state index in [0.717, 1.165) is 18.4 Å². The molecule has 1 saturated carbocycles. The van der Waals surface area contributed by atoms with Gasteiger partial charge in [-0.15, -0.1) is 0 Å². The van der Waals surface area contributed by atoms with Crippen LogP contribution in [0.5, 0.6) is 0 Å². The maximum atomic E-state index is 11.4. The number of nitrogens with one attached hydrogen (secondary N) is 1. The van der Waals surface area contributed by atoms with Gasteiger partial charge in [0.05, 0.1) is 24.7 Å². The third-order valence-electron chi connectivity index (χ3n) is 5.49. The minimum Gasteiger partial charge on any atom is -0.463 e. The van der Waals surface area contributed by atoms with Crippen molar-refractivity contribution in [1.29, 1.82) is 0 Å². The number of anilines is 1. The number of hydrogen-bond donors (Lipinski definition) is 1. The molecule has 1 aliphatic heterocycles. The van der Waals surface area contributed by atoms with E-state index in [0.29, 0.717) is 18.3 Å². The van der Waals surface area contributed by atoms with Gasteiger partial charge in [0.2, 0.25) is 0 Å². The lowest BCUT2D eigenvalue weighted by Crippen LogP contribution is -2.47. The maximum absolute atomic E-state index is 11.4. The van der Waals surface area contributed by atoms with Crippen LogP contribution < -0.4 is 5.32 Å². The van der Waals surface area contributed by atoms with Crippen molar-refractivity contribution in [1.82, 2.24) is 14.9 Å². The van der Waals surface area contributed by atoms with Gasteiger partial charge in [0.15, 0.2) is 0 Å². The SMILES string of the molecule is CCOC(=O)C=Cc1cnc(N[C@@H]2CCCN(C3CCCCCC3)C2)cn1. The summed E-state index contributed by atoms with van der Waals surface area (Å²) in [6.07, 6.45) is 17.1. The van der Waals surface area contributed by atoms with Crippen LogP contribution in [0.2, 0.25) is 0 Å². The van der Waals surface area contributed by atoms with E-state index in [-0.39, 0.29) is 5.97 Å². The number of hydrogen-bond acceptors (Lipinski definition) is 6. The Morgan fingerprint density at radius 2 is 2.00 bits per heavy atom. The molecule has 0 aromatic carbocycles. The van der Waals surface area contributed by atoms with Crippen LogP contribution in [0.25, 0.3) is 6.08 Å². The number of aromatic nitrogens is 2. The number of esters is 1. The highest BCUT2D eigenvalue weighted by molar-refractivity contribution is 5.86. The van der Waals surface area contributed by atoms with Gasteiger partial charge in [0.25, 0.3) is 0 Å². The highest BCUT2D eigenvalue weighted by atomic mass is 16.5. The van der Waals surface area contributed by atoms with Gasteiger partial charge in [0, 0.05) is 24.7 Å². The predicted octanol–water partition coefficient (Wildman–Crippen LogP) is 3.65. The first-order valence-corrected chi connectivity index (χ1v) is 10.4. The zero-order valence-corrected chi connectivity index (χ0v) is 16.4. The molecular weight excluding hydrogens is 340 g/mol. The molecule has 1 atom stereocenters. The summed E-state index contributed by atoms with van der Waals surface area (Å²) in [5.74, 6) is 0.443. The molecule has 148 valence electrons. The van der Waals surface area contributed by atoms with Gasteiger partial charge >= 0.3 is 5.97 Å². The monoisotopic (exact) mass is 372 g/mol. The van der Waals surface area contributed by atoms with Crippen LogP contribution in [-0.2, 0) is 9.53 Å². The molecule has 0 spiro atoms. The first-order valence-electron chi connectivity index (χ1n) is 10.4. The normalized spacial score (nSPS) is 22.5. The first kappa shape index (κ1) is 19.8. The van der Waals surface area contributed by atoms with E-state index in [9.17, 15) is 4.79 Å². The molecule has 0 radical (unpaired) electrons. The van der Waals surface area contributed by atoms with Gasteiger partial charge in [-0.1, -0.05) is 25.7 Å². The number of piperidine rings is 1. The second-order valence-corrected chi connectivity index (χ2v) is 7.54. The van der Waals surface area contributed by atoms with Crippen molar-refractivity contribution in [2.24, 2.45) is 0 Å². The molecule has 1 aromatic rings. The maximum Gasteiger partial charge on any atom is 0.330 e. The summed E-state index contributed by atoms with van der Waals surface area (Å²) >= 11 is 0. The van der Waals surface area contributed by atoms with Crippen LogP contribution in [0.4, 0.5) is 5.82 Å². The second-order valence-electron chi connectivity index (χ2n) is 7.54. The Kier molecular flexibility index (Phi) is 7.63. The van der Waals surface area contributed by atoms with Crippen molar-refractivity contribution in [3.05, 3.63) is 24.2 Å². The fourth-order valence-electron chi connectivity index (χ4n) is 4.13. The summed E-state index contributed by atoms with van der Waals surface area (Å²) in [5.41, 5.74) is 0.650. The Bertz CT molecular complexity index is 609. The minimum absolute atomic E-state index is 0.359. The van der Waals surface area contributed by atoms with E-state index in [1.165, 1.54) is 64.0 Å². The molecule has 1 N–H and O–H groups in total. The lowest BCUT2D eigenvalue weighted by atomic mass is 10.00. The Morgan fingerprint density at radius 1 is 1.19 bits per heavy atom.